The molecule has 10 nitrogen and oxygen atoms in total. The summed E-state index contributed by atoms with van der Waals surface area (Å²) in [6, 6.07) is 5.73. The van der Waals surface area contributed by atoms with Gasteiger partial charge in [0.05, 0.1) is 19.0 Å². The fraction of sp³-hybridized carbons (Fsp3) is 0.586. The van der Waals surface area contributed by atoms with E-state index >= 15 is 0 Å². The largest absolute Gasteiger partial charge is 0.495 e. The zero-order valence-corrected chi connectivity index (χ0v) is 23.6. The van der Waals surface area contributed by atoms with Gasteiger partial charge in [0.15, 0.2) is 5.82 Å². The number of amides is 2. The molecular formula is C29H41N7O3. The van der Waals surface area contributed by atoms with Gasteiger partial charge in [-0.3, -0.25) is 9.59 Å². The van der Waals surface area contributed by atoms with Gasteiger partial charge >= 0.3 is 0 Å². The molecule has 3 heterocycles. The summed E-state index contributed by atoms with van der Waals surface area (Å²) < 4.78 is 5.64. The summed E-state index contributed by atoms with van der Waals surface area (Å²) >= 11 is 0. The number of fused-ring (bicyclic) bond motifs is 1. The molecule has 0 atom stereocenters. The van der Waals surface area contributed by atoms with Gasteiger partial charge in [0.1, 0.15) is 11.4 Å². The second-order valence-corrected chi connectivity index (χ2v) is 11.6. The van der Waals surface area contributed by atoms with Crippen molar-refractivity contribution in [2.45, 2.75) is 70.4 Å². The minimum absolute atomic E-state index is 0.0696. The Hall–Kier alpha value is -3.40. The van der Waals surface area contributed by atoms with Crippen LogP contribution in [0.4, 0.5) is 23.1 Å². The van der Waals surface area contributed by atoms with Crippen molar-refractivity contribution < 1.29 is 14.3 Å². The lowest BCUT2D eigenvalue weighted by Crippen LogP contribution is -2.51. The number of carbonyl (C=O) groups is 2. The molecule has 10 heteroatoms. The van der Waals surface area contributed by atoms with Crippen LogP contribution in [0.3, 0.4) is 0 Å². The summed E-state index contributed by atoms with van der Waals surface area (Å²) in [6.45, 7) is 7.77. The van der Waals surface area contributed by atoms with Crippen LogP contribution in [0.25, 0.3) is 0 Å². The highest BCUT2D eigenvalue weighted by atomic mass is 16.5. The molecule has 1 saturated heterocycles. The third kappa shape index (κ3) is 6.11. The molecule has 2 fully saturated rings. The summed E-state index contributed by atoms with van der Waals surface area (Å²) in [5, 5.41) is 6.46. The van der Waals surface area contributed by atoms with Crippen molar-refractivity contribution in [3.05, 3.63) is 30.0 Å². The van der Waals surface area contributed by atoms with E-state index in [4.69, 9.17) is 9.72 Å². The minimum Gasteiger partial charge on any atom is -0.495 e. The maximum atomic E-state index is 13.1. The second kappa shape index (κ2) is 11.4. The van der Waals surface area contributed by atoms with E-state index in [1.54, 1.807) is 37.4 Å². The molecule has 1 aromatic heterocycles. The molecule has 0 radical (unpaired) electrons. The van der Waals surface area contributed by atoms with Crippen LogP contribution in [0, 0.1) is 0 Å². The van der Waals surface area contributed by atoms with Gasteiger partial charge < -0.3 is 30.1 Å². The topological polar surface area (TPSA) is 103 Å². The second-order valence-electron chi connectivity index (χ2n) is 11.6. The molecule has 39 heavy (non-hydrogen) atoms. The van der Waals surface area contributed by atoms with Crippen LogP contribution in [0.15, 0.2) is 24.4 Å². The number of nitrogens with one attached hydrogen (secondary N) is 2. The lowest BCUT2D eigenvalue weighted by molar-refractivity contribution is -0.118. The van der Waals surface area contributed by atoms with Crippen molar-refractivity contribution in [2.75, 3.05) is 55.5 Å². The Morgan fingerprint density at radius 2 is 1.87 bits per heavy atom. The average molecular weight is 536 g/mol. The summed E-state index contributed by atoms with van der Waals surface area (Å²) in [7, 11) is 3.37. The van der Waals surface area contributed by atoms with Gasteiger partial charge in [0.2, 0.25) is 11.9 Å². The van der Waals surface area contributed by atoms with Crippen LogP contribution >= 0.6 is 0 Å². The van der Waals surface area contributed by atoms with Crippen LogP contribution < -0.4 is 25.2 Å². The maximum absolute atomic E-state index is 13.1. The molecule has 1 aliphatic carbocycles. The van der Waals surface area contributed by atoms with Gasteiger partial charge in [-0.15, -0.1) is 0 Å². The molecule has 1 aromatic carbocycles. The van der Waals surface area contributed by atoms with Crippen molar-refractivity contribution in [2.24, 2.45) is 0 Å². The van der Waals surface area contributed by atoms with Gasteiger partial charge in [0, 0.05) is 43.7 Å². The van der Waals surface area contributed by atoms with Crippen molar-refractivity contribution in [1.82, 2.24) is 20.2 Å². The van der Waals surface area contributed by atoms with Crippen molar-refractivity contribution >= 4 is 35.0 Å². The Morgan fingerprint density at radius 1 is 1.13 bits per heavy atom. The zero-order valence-electron chi connectivity index (χ0n) is 23.6. The third-order valence-corrected chi connectivity index (χ3v) is 8.07. The number of hydrogen-bond donors (Lipinski definition) is 2. The molecule has 2 N–H and O–H groups in total. The molecule has 1 saturated carbocycles. The fourth-order valence-electron chi connectivity index (χ4n) is 6.05. The van der Waals surface area contributed by atoms with E-state index in [1.165, 1.54) is 25.7 Å². The summed E-state index contributed by atoms with van der Waals surface area (Å²) in [5.41, 5.74) is 1.57. The molecule has 2 aromatic rings. The Balaban J connectivity index is 1.35. The number of benzene rings is 1. The van der Waals surface area contributed by atoms with Crippen molar-refractivity contribution in [1.29, 1.82) is 0 Å². The number of ether oxygens (including phenoxy) is 1. The number of nitrogens with zero attached hydrogens (tertiary/aromatic N) is 5. The molecule has 2 amide bonds. The summed E-state index contributed by atoms with van der Waals surface area (Å²) in [5.74, 6) is 1.66. The van der Waals surface area contributed by atoms with Crippen LogP contribution in [-0.4, -0.2) is 78.6 Å². The first kappa shape index (κ1) is 27.2. The van der Waals surface area contributed by atoms with Crippen LogP contribution in [-0.2, 0) is 4.79 Å². The van der Waals surface area contributed by atoms with E-state index in [-0.39, 0.29) is 17.4 Å². The number of rotatable bonds is 8. The van der Waals surface area contributed by atoms with Crippen LogP contribution in [0.5, 0.6) is 5.75 Å². The van der Waals surface area contributed by atoms with Gasteiger partial charge in [-0.25, -0.2) is 4.98 Å². The summed E-state index contributed by atoms with van der Waals surface area (Å²) in [4.78, 5) is 41.5. The van der Waals surface area contributed by atoms with Crippen molar-refractivity contribution in [3.8, 4) is 5.75 Å². The molecular weight excluding hydrogens is 494 g/mol. The number of likely N-dealkylation sites (tertiary alicyclic amines) is 1. The van der Waals surface area contributed by atoms with E-state index in [0.717, 1.165) is 44.0 Å². The minimum atomic E-state index is -0.346. The quantitative estimate of drug-likeness (QED) is 0.524. The first-order valence-corrected chi connectivity index (χ1v) is 14.1. The first-order chi connectivity index (χ1) is 18.7. The van der Waals surface area contributed by atoms with Crippen molar-refractivity contribution in [3.63, 3.8) is 0 Å². The normalized spacial score (nSPS) is 18.7. The Labute approximate surface area is 231 Å². The Morgan fingerprint density at radius 3 is 2.59 bits per heavy atom. The van der Waals surface area contributed by atoms with E-state index < -0.39 is 0 Å². The molecule has 0 bridgehead atoms. The van der Waals surface area contributed by atoms with Gasteiger partial charge in [-0.2, -0.15) is 4.98 Å². The first-order valence-electron chi connectivity index (χ1n) is 14.1. The van der Waals surface area contributed by atoms with Gasteiger partial charge in [0.25, 0.3) is 5.91 Å². The van der Waals surface area contributed by atoms with E-state index in [1.807, 2.05) is 6.07 Å². The SMILES string of the molecule is COc1cc(C(=O)NC(C)(C)CN2CCCC2)ccc1Nc1ncc2c(n1)N(C1CCCC1)CCC(=O)N2C. The third-order valence-electron chi connectivity index (χ3n) is 8.07. The average Bonchev–Trinajstić information content (AvgIpc) is 3.61. The predicted octanol–water partition coefficient (Wildman–Crippen LogP) is 3.95. The monoisotopic (exact) mass is 535 g/mol. The Bertz CT molecular complexity index is 1210. The summed E-state index contributed by atoms with van der Waals surface area (Å²) in [6.07, 6.45) is 9.22. The van der Waals surface area contributed by atoms with E-state index in [0.29, 0.717) is 42.0 Å². The number of methoxy groups -OCH3 is 1. The van der Waals surface area contributed by atoms with E-state index in [9.17, 15) is 9.59 Å². The van der Waals surface area contributed by atoms with Gasteiger partial charge in [-0.1, -0.05) is 12.8 Å². The lowest BCUT2D eigenvalue weighted by Gasteiger charge is -2.31. The number of anilines is 4. The molecule has 2 aliphatic heterocycles. The highest BCUT2D eigenvalue weighted by Crippen LogP contribution is 2.37. The maximum Gasteiger partial charge on any atom is 0.251 e. The van der Waals surface area contributed by atoms with Crippen LogP contribution in [0.2, 0.25) is 0 Å². The molecule has 0 unspecified atom stereocenters. The predicted molar refractivity (Wildman–Crippen MR) is 153 cm³/mol. The molecule has 0 spiro atoms. The Kier molecular flexibility index (Phi) is 7.93. The van der Waals surface area contributed by atoms with Crippen LogP contribution in [0.1, 0.15) is 69.2 Å². The molecule has 5 rings (SSSR count). The number of aromatic nitrogens is 2. The zero-order chi connectivity index (χ0) is 27.6. The standard InChI is InChI=1S/C29H41N7O3/c1-29(2,19-35-14-7-8-15-35)33-27(38)20-11-12-22(24(17-20)39-4)31-28-30-18-23-26(32-28)36(21-9-5-6-10-21)16-13-25(37)34(23)3/h11-12,17-18,21H,5-10,13-16,19H2,1-4H3,(H,33,38)(H,30,31,32). The van der Waals surface area contributed by atoms with E-state index in [2.05, 4.69) is 39.3 Å². The smallest absolute Gasteiger partial charge is 0.251 e. The number of hydrogen-bond acceptors (Lipinski definition) is 8. The highest BCUT2D eigenvalue weighted by molar-refractivity contribution is 5.97. The fourth-order valence-corrected chi connectivity index (χ4v) is 6.05. The highest BCUT2D eigenvalue weighted by Gasteiger charge is 2.32. The van der Waals surface area contributed by atoms with Gasteiger partial charge in [-0.05, 0) is 70.8 Å². The lowest BCUT2D eigenvalue weighted by atomic mass is 10.0. The molecule has 210 valence electrons. The number of carbonyl (C=O) groups excluding carboxylic acids is 2. The molecule has 3 aliphatic rings.